The maximum atomic E-state index is 13.2. The summed E-state index contributed by atoms with van der Waals surface area (Å²) in [5.41, 5.74) is 3.41. The number of nitrogens with zero attached hydrogens (tertiary/aromatic N) is 2. The Hall–Kier alpha value is -3.21. The minimum Gasteiger partial charge on any atom is -0.495 e. The zero-order valence-corrected chi connectivity index (χ0v) is 19.3. The van der Waals surface area contributed by atoms with Crippen molar-refractivity contribution in [2.45, 2.75) is 18.4 Å². The van der Waals surface area contributed by atoms with Gasteiger partial charge in [-0.3, -0.25) is 9.89 Å². The molecule has 4 rings (SSSR count). The predicted molar refractivity (Wildman–Crippen MR) is 123 cm³/mol. The fourth-order valence-corrected chi connectivity index (χ4v) is 5.22. The molecule has 10 heteroatoms. The first-order valence-electron chi connectivity index (χ1n) is 10.5. The van der Waals surface area contributed by atoms with Crippen LogP contribution in [0.5, 0.6) is 5.75 Å². The van der Waals surface area contributed by atoms with E-state index in [1.54, 1.807) is 18.2 Å². The molecule has 0 spiro atoms. The van der Waals surface area contributed by atoms with Gasteiger partial charge in [0.2, 0.25) is 10.0 Å². The number of rotatable bonds is 7. The summed E-state index contributed by atoms with van der Waals surface area (Å²) in [4.78, 5) is 12.6. The number of nitrogens with one attached hydrogen (secondary N) is 2. The Labute approximate surface area is 192 Å². The molecule has 3 aromatic rings. The molecule has 2 aromatic carbocycles. The van der Waals surface area contributed by atoms with Gasteiger partial charge in [-0.15, -0.1) is 0 Å². The van der Waals surface area contributed by atoms with E-state index in [0.717, 1.165) is 11.1 Å². The van der Waals surface area contributed by atoms with Gasteiger partial charge in [-0.1, -0.05) is 24.3 Å². The number of methoxy groups -OCH3 is 1. The smallest absolute Gasteiger partial charge is 0.269 e. The number of carbonyl (C=O) groups excluding carboxylic acids is 1. The monoisotopic (exact) mass is 470 g/mol. The third-order valence-corrected chi connectivity index (χ3v) is 7.49. The molecule has 2 heterocycles. The van der Waals surface area contributed by atoms with Crippen LogP contribution in [0.2, 0.25) is 0 Å². The van der Waals surface area contributed by atoms with Crippen LogP contribution in [0, 0.1) is 6.92 Å². The zero-order chi connectivity index (χ0) is 23.4. The summed E-state index contributed by atoms with van der Waals surface area (Å²) in [6.45, 7) is 3.64. The van der Waals surface area contributed by atoms with Crippen LogP contribution in [-0.2, 0) is 21.3 Å². The molecule has 0 unspecified atom stereocenters. The fraction of sp³-hybridized carbons (Fsp3) is 0.304. The van der Waals surface area contributed by atoms with Crippen molar-refractivity contribution in [1.29, 1.82) is 0 Å². The maximum absolute atomic E-state index is 13.2. The van der Waals surface area contributed by atoms with Crippen molar-refractivity contribution in [2.24, 2.45) is 0 Å². The van der Waals surface area contributed by atoms with Crippen LogP contribution in [-0.4, -0.2) is 62.2 Å². The second-order valence-electron chi connectivity index (χ2n) is 7.66. The minimum atomic E-state index is -3.78. The van der Waals surface area contributed by atoms with Crippen molar-refractivity contribution in [1.82, 2.24) is 19.8 Å². The molecule has 174 valence electrons. The first-order chi connectivity index (χ1) is 15.9. The molecular weight excluding hydrogens is 444 g/mol. The number of benzene rings is 2. The Balaban J connectivity index is 1.56. The van der Waals surface area contributed by atoms with Gasteiger partial charge in [0, 0.05) is 25.2 Å². The van der Waals surface area contributed by atoms with E-state index in [-0.39, 0.29) is 35.3 Å². The van der Waals surface area contributed by atoms with E-state index in [2.05, 4.69) is 15.5 Å². The number of H-pyrrole nitrogens is 1. The Kier molecular flexibility index (Phi) is 6.77. The lowest BCUT2D eigenvalue weighted by atomic mass is 10.1. The lowest BCUT2D eigenvalue weighted by Crippen LogP contribution is -2.40. The highest BCUT2D eigenvalue weighted by molar-refractivity contribution is 7.89. The van der Waals surface area contributed by atoms with E-state index in [4.69, 9.17) is 9.47 Å². The van der Waals surface area contributed by atoms with Crippen molar-refractivity contribution in [3.05, 3.63) is 65.4 Å². The van der Waals surface area contributed by atoms with Crippen LogP contribution < -0.4 is 10.1 Å². The molecule has 0 bridgehead atoms. The molecule has 1 fully saturated rings. The number of amides is 1. The normalized spacial score (nSPS) is 14.7. The molecule has 0 saturated carbocycles. The number of aromatic amines is 1. The molecule has 0 atom stereocenters. The average molecular weight is 471 g/mol. The van der Waals surface area contributed by atoms with Crippen molar-refractivity contribution in [3.63, 3.8) is 0 Å². The molecule has 0 radical (unpaired) electrons. The van der Waals surface area contributed by atoms with Crippen LogP contribution >= 0.6 is 0 Å². The summed E-state index contributed by atoms with van der Waals surface area (Å²) in [7, 11) is -2.35. The SMILES string of the molecule is COc1ccc(-c2cc(C(=O)NCc3ccccc3C)[nH]n2)cc1S(=O)(=O)N1CCOCC1. The number of morpholine rings is 1. The minimum absolute atomic E-state index is 0.0537. The third kappa shape index (κ3) is 4.92. The van der Waals surface area contributed by atoms with Gasteiger partial charge in [0.25, 0.3) is 5.91 Å². The van der Waals surface area contributed by atoms with Crippen molar-refractivity contribution in [2.75, 3.05) is 33.4 Å². The summed E-state index contributed by atoms with van der Waals surface area (Å²) < 4.78 is 38.4. The van der Waals surface area contributed by atoms with E-state index >= 15 is 0 Å². The fourth-order valence-electron chi connectivity index (χ4n) is 3.63. The van der Waals surface area contributed by atoms with Gasteiger partial charge >= 0.3 is 0 Å². The first kappa shape index (κ1) is 23.0. The summed E-state index contributed by atoms with van der Waals surface area (Å²) in [6.07, 6.45) is 0. The number of sulfonamides is 1. The van der Waals surface area contributed by atoms with Gasteiger partial charge in [0.15, 0.2) is 0 Å². The highest BCUT2D eigenvalue weighted by atomic mass is 32.2. The van der Waals surface area contributed by atoms with Crippen molar-refractivity contribution < 1.29 is 22.7 Å². The average Bonchev–Trinajstić information content (AvgIpc) is 3.34. The number of hydrogen-bond acceptors (Lipinski definition) is 6. The molecule has 1 aliphatic heterocycles. The topological polar surface area (TPSA) is 114 Å². The van der Waals surface area contributed by atoms with Gasteiger partial charge in [-0.05, 0) is 42.3 Å². The second-order valence-corrected chi connectivity index (χ2v) is 9.56. The first-order valence-corrected chi connectivity index (χ1v) is 12.0. The molecule has 1 amide bonds. The number of aryl methyl sites for hydroxylation is 1. The van der Waals surface area contributed by atoms with Crippen LogP contribution in [0.1, 0.15) is 21.6 Å². The molecule has 2 N–H and O–H groups in total. The highest BCUT2D eigenvalue weighted by Crippen LogP contribution is 2.31. The van der Waals surface area contributed by atoms with Gasteiger partial charge < -0.3 is 14.8 Å². The Morgan fingerprint density at radius 2 is 1.94 bits per heavy atom. The second kappa shape index (κ2) is 9.74. The van der Waals surface area contributed by atoms with Crippen molar-refractivity contribution in [3.8, 4) is 17.0 Å². The molecule has 1 aliphatic rings. The number of aromatic nitrogens is 2. The molecule has 1 aromatic heterocycles. The Bertz CT molecular complexity index is 1250. The largest absolute Gasteiger partial charge is 0.495 e. The molecule has 9 nitrogen and oxygen atoms in total. The molecule has 33 heavy (non-hydrogen) atoms. The number of ether oxygens (including phenoxy) is 2. The highest BCUT2D eigenvalue weighted by Gasteiger charge is 2.30. The van der Waals surface area contributed by atoms with Gasteiger partial charge in [0.1, 0.15) is 16.3 Å². The predicted octanol–water partition coefficient (Wildman–Crippen LogP) is 2.34. The van der Waals surface area contributed by atoms with Crippen LogP contribution in [0.3, 0.4) is 0 Å². The maximum Gasteiger partial charge on any atom is 0.269 e. The Morgan fingerprint density at radius 3 is 2.67 bits per heavy atom. The van der Waals surface area contributed by atoms with Gasteiger partial charge in [-0.25, -0.2) is 8.42 Å². The Morgan fingerprint density at radius 1 is 1.18 bits per heavy atom. The van der Waals surface area contributed by atoms with E-state index in [0.29, 0.717) is 31.0 Å². The lowest BCUT2D eigenvalue weighted by Gasteiger charge is -2.26. The zero-order valence-electron chi connectivity index (χ0n) is 18.5. The van der Waals surface area contributed by atoms with E-state index in [1.807, 2.05) is 31.2 Å². The molecule has 0 aliphatic carbocycles. The van der Waals surface area contributed by atoms with E-state index < -0.39 is 10.0 Å². The summed E-state index contributed by atoms with van der Waals surface area (Å²) in [6, 6.07) is 14.2. The van der Waals surface area contributed by atoms with Crippen LogP contribution in [0.4, 0.5) is 0 Å². The summed E-state index contributed by atoms with van der Waals surface area (Å²) in [5.74, 6) is -0.0522. The standard InChI is InChI=1S/C23H26N4O5S/c1-16-5-3-4-6-18(16)15-24-23(28)20-14-19(25-26-20)17-7-8-21(31-2)22(13-17)33(29,30)27-9-11-32-12-10-27/h3-8,13-14H,9-12,15H2,1-2H3,(H,24,28)(H,25,26). The van der Waals surface area contributed by atoms with Gasteiger partial charge in [0.05, 0.1) is 26.0 Å². The quantitative estimate of drug-likeness (QED) is 0.548. The van der Waals surface area contributed by atoms with E-state index in [9.17, 15) is 13.2 Å². The molecule has 1 saturated heterocycles. The van der Waals surface area contributed by atoms with E-state index in [1.165, 1.54) is 17.5 Å². The van der Waals surface area contributed by atoms with Crippen LogP contribution in [0.15, 0.2) is 53.4 Å². The summed E-state index contributed by atoms with van der Waals surface area (Å²) >= 11 is 0. The number of hydrogen-bond donors (Lipinski definition) is 2. The third-order valence-electron chi connectivity index (χ3n) is 5.57. The van der Waals surface area contributed by atoms with Crippen LogP contribution in [0.25, 0.3) is 11.3 Å². The lowest BCUT2D eigenvalue weighted by molar-refractivity contribution is 0.0729. The number of carbonyl (C=O) groups is 1. The molecular formula is C23H26N4O5S. The van der Waals surface area contributed by atoms with Crippen molar-refractivity contribution >= 4 is 15.9 Å². The van der Waals surface area contributed by atoms with Gasteiger partial charge in [-0.2, -0.15) is 9.40 Å². The summed E-state index contributed by atoms with van der Waals surface area (Å²) in [5, 5.41) is 9.82.